The number of thiocarbonyl (C=S) groups is 1. The lowest BCUT2D eigenvalue weighted by molar-refractivity contribution is -0.122. The van der Waals surface area contributed by atoms with Crippen molar-refractivity contribution in [3.63, 3.8) is 0 Å². The molecule has 0 aromatic heterocycles. The van der Waals surface area contributed by atoms with Gasteiger partial charge >= 0.3 is 0 Å². The highest BCUT2D eigenvalue weighted by Crippen LogP contribution is 2.18. The van der Waals surface area contributed by atoms with Crippen molar-refractivity contribution in [2.45, 2.75) is 33.6 Å². The summed E-state index contributed by atoms with van der Waals surface area (Å²) in [5.41, 5.74) is 5.27. The van der Waals surface area contributed by atoms with Gasteiger partial charge < -0.3 is 9.47 Å². The minimum atomic E-state index is -0.411. The first-order valence-corrected chi connectivity index (χ1v) is 9.04. The molecular formula is C18H27N3O4S. The van der Waals surface area contributed by atoms with Crippen LogP contribution in [-0.4, -0.2) is 36.7 Å². The molecule has 0 heterocycles. The van der Waals surface area contributed by atoms with Gasteiger partial charge in [0.1, 0.15) is 5.75 Å². The number of hydrogen-bond acceptors (Lipinski definition) is 5. The third-order valence-electron chi connectivity index (χ3n) is 3.30. The summed E-state index contributed by atoms with van der Waals surface area (Å²) >= 11 is 5.02. The Balaban J connectivity index is 2.49. The summed E-state index contributed by atoms with van der Waals surface area (Å²) < 4.78 is 10.8. The lowest BCUT2D eigenvalue weighted by Gasteiger charge is -2.14. The van der Waals surface area contributed by atoms with E-state index < -0.39 is 5.91 Å². The van der Waals surface area contributed by atoms with Gasteiger partial charge in [0.2, 0.25) is 5.91 Å². The second-order valence-electron chi connectivity index (χ2n) is 5.93. The van der Waals surface area contributed by atoms with E-state index in [1.807, 2.05) is 6.92 Å². The molecule has 1 aromatic carbocycles. The van der Waals surface area contributed by atoms with Gasteiger partial charge in [-0.15, -0.1) is 0 Å². The van der Waals surface area contributed by atoms with Crippen LogP contribution in [0.4, 0.5) is 0 Å². The normalized spacial score (nSPS) is 10.3. The maximum atomic E-state index is 12.4. The number of ether oxygens (including phenoxy) is 2. The molecule has 7 nitrogen and oxygen atoms in total. The molecule has 0 bridgehead atoms. The number of carbonyl (C=O) groups is 2. The van der Waals surface area contributed by atoms with E-state index in [2.05, 4.69) is 30.0 Å². The summed E-state index contributed by atoms with van der Waals surface area (Å²) in [5.74, 6) is 0.312. The monoisotopic (exact) mass is 381 g/mol. The van der Waals surface area contributed by atoms with Crippen molar-refractivity contribution in [1.29, 1.82) is 0 Å². The van der Waals surface area contributed by atoms with Crippen molar-refractivity contribution in [1.82, 2.24) is 16.2 Å². The van der Waals surface area contributed by atoms with Crippen LogP contribution >= 0.6 is 12.2 Å². The van der Waals surface area contributed by atoms with E-state index in [-0.39, 0.29) is 17.4 Å². The molecule has 0 unspecified atom stereocenters. The van der Waals surface area contributed by atoms with E-state index in [0.717, 1.165) is 6.42 Å². The van der Waals surface area contributed by atoms with Gasteiger partial charge in [-0.1, -0.05) is 26.0 Å². The highest BCUT2D eigenvalue weighted by atomic mass is 32.1. The summed E-state index contributed by atoms with van der Waals surface area (Å²) in [5, 5.41) is 2.51. The predicted molar refractivity (Wildman–Crippen MR) is 104 cm³/mol. The fraction of sp³-hybridized carbons (Fsp3) is 0.500. The molecule has 0 aliphatic carbocycles. The summed E-state index contributed by atoms with van der Waals surface area (Å²) in [6, 6.07) is 6.94. The summed E-state index contributed by atoms with van der Waals surface area (Å²) in [6.45, 7) is 7.47. The van der Waals surface area contributed by atoms with Gasteiger partial charge in [0, 0.05) is 6.61 Å². The molecule has 144 valence electrons. The third-order valence-corrected chi connectivity index (χ3v) is 3.51. The van der Waals surface area contributed by atoms with Gasteiger partial charge in [-0.05, 0) is 43.6 Å². The number of benzene rings is 1. The van der Waals surface area contributed by atoms with Crippen molar-refractivity contribution < 1.29 is 19.1 Å². The minimum Gasteiger partial charge on any atom is -0.493 e. The average molecular weight is 381 g/mol. The lowest BCUT2D eigenvalue weighted by Crippen LogP contribution is -2.48. The minimum absolute atomic E-state index is 0.00302. The molecule has 0 radical (unpaired) electrons. The van der Waals surface area contributed by atoms with Crippen LogP contribution in [0.5, 0.6) is 5.75 Å². The molecule has 0 fully saturated rings. The van der Waals surface area contributed by atoms with Crippen molar-refractivity contribution in [2.24, 2.45) is 5.92 Å². The summed E-state index contributed by atoms with van der Waals surface area (Å²) in [7, 11) is 0. The molecule has 1 rings (SSSR count). The maximum absolute atomic E-state index is 12.4. The first-order chi connectivity index (χ1) is 12.4. The first kappa shape index (κ1) is 21.9. The quantitative estimate of drug-likeness (QED) is 0.345. The van der Waals surface area contributed by atoms with Crippen LogP contribution in [0.3, 0.4) is 0 Å². The zero-order valence-corrected chi connectivity index (χ0v) is 16.3. The molecule has 0 atom stereocenters. The average Bonchev–Trinajstić information content (AvgIpc) is 2.60. The number of nitrogens with one attached hydrogen (secondary N) is 3. The Labute approximate surface area is 159 Å². The van der Waals surface area contributed by atoms with E-state index >= 15 is 0 Å². The van der Waals surface area contributed by atoms with Crippen LogP contribution in [0.25, 0.3) is 0 Å². The van der Waals surface area contributed by atoms with Crippen molar-refractivity contribution in [2.75, 3.05) is 19.8 Å². The van der Waals surface area contributed by atoms with E-state index in [0.29, 0.717) is 37.1 Å². The molecule has 26 heavy (non-hydrogen) atoms. The Bertz CT molecular complexity index is 608. The highest BCUT2D eigenvalue weighted by molar-refractivity contribution is 7.80. The number of carbonyl (C=O) groups excluding carboxylic acids is 2. The topological polar surface area (TPSA) is 88.7 Å². The molecule has 1 aromatic rings. The molecular weight excluding hydrogens is 354 g/mol. The van der Waals surface area contributed by atoms with E-state index in [9.17, 15) is 9.59 Å². The maximum Gasteiger partial charge on any atom is 0.261 e. The van der Waals surface area contributed by atoms with Crippen LogP contribution in [0.2, 0.25) is 0 Å². The smallest absolute Gasteiger partial charge is 0.261 e. The van der Waals surface area contributed by atoms with Gasteiger partial charge in [0.25, 0.3) is 5.91 Å². The molecule has 0 aliphatic heterocycles. The van der Waals surface area contributed by atoms with Crippen LogP contribution < -0.4 is 20.9 Å². The van der Waals surface area contributed by atoms with Crippen LogP contribution in [0.15, 0.2) is 24.3 Å². The largest absolute Gasteiger partial charge is 0.493 e. The van der Waals surface area contributed by atoms with Crippen molar-refractivity contribution >= 4 is 29.1 Å². The van der Waals surface area contributed by atoms with Gasteiger partial charge in [0.05, 0.1) is 25.2 Å². The SMILES string of the molecule is CCOCCC(=O)NNC(=S)NC(=O)c1ccccc1OCCC(C)C. The number of hydrazine groups is 1. The Morgan fingerprint density at radius 2 is 1.88 bits per heavy atom. The zero-order valence-electron chi connectivity index (χ0n) is 15.5. The number of hydrogen-bond donors (Lipinski definition) is 3. The number of amides is 2. The first-order valence-electron chi connectivity index (χ1n) is 8.63. The zero-order chi connectivity index (χ0) is 19.4. The second kappa shape index (κ2) is 12.2. The molecule has 0 saturated carbocycles. The van der Waals surface area contributed by atoms with Crippen molar-refractivity contribution in [3.8, 4) is 5.75 Å². The van der Waals surface area contributed by atoms with E-state index in [1.165, 1.54) is 0 Å². The van der Waals surface area contributed by atoms with Crippen molar-refractivity contribution in [3.05, 3.63) is 29.8 Å². The van der Waals surface area contributed by atoms with Crippen LogP contribution in [0, 0.1) is 5.92 Å². The predicted octanol–water partition coefficient (Wildman–Crippen LogP) is 2.17. The van der Waals surface area contributed by atoms with Gasteiger partial charge in [-0.25, -0.2) is 0 Å². The van der Waals surface area contributed by atoms with Gasteiger partial charge in [-0.3, -0.25) is 25.8 Å². The number of para-hydroxylation sites is 1. The summed E-state index contributed by atoms with van der Waals surface area (Å²) in [6.07, 6.45) is 1.09. The standard InChI is InChI=1S/C18H27N3O4S/c1-4-24-11-10-16(22)20-21-18(26)19-17(23)14-7-5-6-8-15(14)25-12-9-13(2)3/h5-8,13H,4,9-12H2,1-3H3,(H,20,22)(H2,19,21,23,26). The fourth-order valence-corrected chi connectivity index (χ4v) is 2.03. The van der Waals surface area contributed by atoms with E-state index in [4.69, 9.17) is 21.7 Å². The van der Waals surface area contributed by atoms with Gasteiger partial charge in [0.15, 0.2) is 5.11 Å². The summed E-state index contributed by atoms with van der Waals surface area (Å²) in [4.78, 5) is 23.9. The fourth-order valence-electron chi connectivity index (χ4n) is 1.88. The highest BCUT2D eigenvalue weighted by Gasteiger charge is 2.14. The Kier molecular flexibility index (Phi) is 10.3. The molecule has 0 spiro atoms. The molecule has 3 N–H and O–H groups in total. The Morgan fingerprint density at radius 1 is 1.15 bits per heavy atom. The van der Waals surface area contributed by atoms with E-state index in [1.54, 1.807) is 24.3 Å². The molecule has 0 saturated heterocycles. The van der Waals surface area contributed by atoms with Crippen LogP contribution in [-0.2, 0) is 9.53 Å². The van der Waals surface area contributed by atoms with Gasteiger partial charge in [-0.2, -0.15) is 0 Å². The van der Waals surface area contributed by atoms with Crippen LogP contribution in [0.1, 0.15) is 44.0 Å². The molecule has 8 heteroatoms. The Morgan fingerprint density at radius 3 is 2.58 bits per heavy atom. The molecule has 0 aliphatic rings. The third kappa shape index (κ3) is 8.77. The number of rotatable bonds is 9. The second-order valence-corrected chi connectivity index (χ2v) is 6.34. The molecule has 2 amide bonds. The Hall–Kier alpha value is -2.19. The lowest BCUT2D eigenvalue weighted by atomic mass is 10.1.